The lowest BCUT2D eigenvalue weighted by Crippen LogP contribution is -2.43. The van der Waals surface area contributed by atoms with Crippen LogP contribution >= 0.6 is 11.3 Å². The zero-order chi connectivity index (χ0) is 15.5. The highest BCUT2D eigenvalue weighted by Crippen LogP contribution is 2.21. The monoisotopic (exact) mass is 320 g/mol. The number of amides is 2. The number of aryl methyl sites for hydroxylation is 1. The van der Waals surface area contributed by atoms with Crippen LogP contribution in [0.3, 0.4) is 0 Å². The fraction of sp³-hybridized carbons (Fsp3) is 0.429. The SMILES string of the molecule is Cc1nnc(NC(=O)[C@@H]2CCCN(C(=O)c3ccco3)C2)s1. The van der Waals surface area contributed by atoms with E-state index in [2.05, 4.69) is 15.5 Å². The molecule has 116 valence electrons. The Morgan fingerprint density at radius 2 is 2.32 bits per heavy atom. The zero-order valence-corrected chi connectivity index (χ0v) is 12.9. The van der Waals surface area contributed by atoms with Crippen LogP contribution in [-0.4, -0.2) is 40.0 Å². The van der Waals surface area contributed by atoms with Crippen molar-refractivity contribution in [2.75, 3.05) is 18.4 Å². The van der Waals surface area contributed by atoms with E-state index in [1.807, 2.05) is 6.92 Å². The number of carbonyl (C=O) groups excluding carboxylic acids is 2. The lowest BCUT2D eigenvalue weighted by Gasteiger charge is -2.31. The van der Waals surface area contributed by atoms with Crippen LogP contribution in [0.25, 0.3) is 0 Å². The van der Waals surface area contributed by atoms with Gasteiger partial charge in [0.25, 0.3) is 5.91 Å². The summed E-state index contributed by atoms with van der Waals surface area (Å²) in [7, 11) is 0. The van der Waals surface area contributed by atoms with Crippen LogP contribution in [0.1, 0.15) is 28.4 Å². The van der Waals surface area contributed by atoms with Crippen molar-refractivity contribution in [1.82, 2.24) is 15.1 Å². The molecule has 2 aromatic heterocycles. The molecule has 0 saturated carbocycles. The van der Waals surface area contributed by atoms with E-state index in [4.69, 9.17) is 4.42 Å². The molecule has 0 bridgehead atoms. The molecular weight excluding hydrogens is 304 g/mol. The number of rotatable bonds is 3. The molecule has 2 aromatic rings. The van der Waals surface area contributed by atoms with Crippen molar-refractivity contribution in [2.45, 2.75) is 19.8 Å². The number of furan rings is 1. The molecule has 3 rings (SSSR count). The van der Waals surface area contributed by atoms with E-state index in [0.29, 0.717) is 24.0 Å². The van der Waals surface area contributed by atoms with E-state index >= 15 is 0 Å². The fourth-order valence-electron chi connectivity index (χ4n) is 2.49. The Labute approximate surface area is 131 Å². The first-order valence-corrected chi connectivity index (χ1v) is 7.89. The summed E-state index contributed by atoms with van der Waals surface area (Å²) in [6.45, 7) is 2.86. The molecule has 3 heterocycles. The second-order valence-corrected chi connectivity index (χ2v) is 6.36. The van der Waals surface area contributed by atoms with Gasteiger partial charge in [-0.05, 0) is 31.9 Å². The van der Waals surface area contributed by atoms with Crippen LogP contribution in [0.2, 0.25) is 0 Å². The molecule has 1 aliphatic rings. The summed E-state index contributed by atoms with van der Waals surface area (Å²) in [5.74, 6) is -0.222. The van der Waals surface area contributed by atoms with Gasteiger partial charge in [0.05, 0.1) is 12.2 Å². The second kappa shape index (κ2) is 6.27. The first kappa shape index (κ1) is 14.7. The van der Waals surface area contributed by atoms with Gasteiger partial charge < -0.3 is 14.6 Å². The van der Waals surface area contributed by atoms with E-state index in [9.17, 15) is 9.59 Å². The van der Waals surface area contributed by atoms with Gasteiger partial charge >= 0.3 is 0 Å². The Bertz CT molecular complexity index is 667. The predicted octanol–water partition coefficient (Wildman–Crippen LogP) is 1.93. The number of nitrogens with zero attached hydrogens (tertiary/aromatic N) is 3. The summed E-state index contributed by atoms with van der Waals surface area (Å²) in [4.78, 5) is 26.2. The molecule has 1 atom stereocenters. The quantitative estimate of drug-likeness (QED) is 0.933. The molecule has 0 spiro atoms. The van der Waals surface area contributed by atoms with Crippen LogP contribution in [-0.2, 0) is 4.79 Å². The highest BCUT2D eigenvalue weighted by molar-refractivity contribution is 7.15. The average molecular weight is 320 g/mol. The van der Waals surface area contributed by atoms with E-state index < -0.39 is 0 Å². The molecular formula is C14H16N4O3S. The summed E-state index contributed by atoms with van der Waals surface area (Å²) >= 11 is 1.34. The Morgan fingerprint density at radius 3 is 3.00 bits per heavy atom. The maximum atomic E-state index is 12.3. The van der Waals surface area contributed by atoms with Crippen molar-refractivity contribution in [3.63, 3.8) is 0 Å². The minimum atomic E-state index is -0.239. The Hall–Kier alpha value is -2.22. The zero-order valence-electron chi connectivity index (χ0n) is 12.1. The number of aromatic nitrogens is 2. The molecule has 0 aromatic carbocycles. The third kappa shape index (κ3) is 3.16. The third-order valence-electron chi connectivity index (χ3n) is 3.57. The Balaban J connectivity index is 1.62. The van der Waals surface area contributed by atoms with Gasteiger partial charge in [0, 0.05) is 13.1 Å². The molecule has 8 heteroatoms. The van der Waals surface area contributed by atoms with Crippen molar-refractivity contribution in [2.24, 2.45) is 5.92 Å². The highest BCUT2D eigenvalue weighted by Gasteiger charge is 2.30. The molecule has 1 saturated heterocycles. The number of hydrogen-bond acceptors (Lipinski definition) is 6. The van der Waals surface area contributed by atoms with Gasteiger partial charge in [0.15, 0.2) is 5.76 Å². The van der Waals surface area contributed by atoms with Crippen LogP contribution in [0.5, 0.6) is 0 Å². The van der Waals surface area contributed by atoms with Crippen molar-refractivity contribution in [3.05, 3.63) is 29.2 Å². The molecule has 0 radical (unpaired) electrons. The van der Waals surface area contributed by atoms with Crippen LogP contribution in [0.4, 0.5) is 5.13 Å². The Kier molecular flexibility index (Phi) is 4.19. The van der Waals surface area contributed by atoms with E-state index in [-0.39, 0.29) is 17.7 Å². The number of hydrogen-bond donors (Lipinski definition) is 1. The molecule has 7 nitrogen and oxygen atoms in total. The van der Waals surface area contributed by atoms with Gasteiger partial charge in [-0.1, -0.05) is 11.3 Å². The van der Waals surface area contributed by atoms with E-state index in [1.165, 1.54) is 17.6 Å². The van der Waals surface area contributed by atoms with Gasteiger partial charge in [0.2, 0.25) is 11.0 Å². The molecule has 1 aliphatic heterocycles. The highest BCUT2D eigenvalue weighted by atomic mass is 32.1. The van der Waals surface area contributed by atoms with Gasteiger partial charge in [0.1, 0.15) is 5.01 Å². The third-order valence-corrected chi connectivity index (χ3v) is 4.32. The number of piperidine rings is 1. The molecule has 1 fully saturated rings. The van der Waals surface area contributed by atoms with Crippen molar-refractivity contribution in [1.29, 1.82) is 0 Å². The largest absolute Gasteiger partial charge is 0.459 e. The summed E-state index contributed by atoms with van der Waals surface area (Å²) in [6.07, 6.45) is 3.02. The summed E-state index contributed by atoms with van der Waals surface area (Å²) in [5.41, 5.74) is 0. The molecule has 0 aliphatic carbocycles. The van der Waals surface area contributed by atoms with Crippen molar-refractivity contribution in [3.8, 4) is 0 Å². The number of likely N-dealkylation sites (tertiary alicyclic amines) is 1. The molecule has 0 unspecified atom stereocenters. The molecule has 22 heavy (non-hydrogen) atoms. The molecule has 2 amide bonds. The van der Waals surface area contributed by atoms with Crippen molar-refractivity contribution < 1.29 is 14.0 Å². The van der Waals surface area contributed by atoms with E-state index in [1.54, 1.807) is 17.0 Å². The Morgan fingerprint density at radius 1 is 1.45 bits per heavy atom. The van der Waals surface area contributed by atoms with Gasteiger partial charge in [-0.25, -0.2) is 0 Å². The first-order chi connectivity index (χ1) is 10.6. The standard InChI is InChI=1S/C14H16N4O3S/c1-9-16-17-14(22-9)15-12(19)10-4-2-6-18(8-10)13(20)11-5-3-7-21-11/h3,5,7,10H,2,4,6,8H2,1H3,(H,15,17,19)/t10-/m1/s1. The number of nitrogens with one attached hydrogen (secondary N) is 1. The van der Waals surface area contributed by atoms with Gasteiger partial charge in [-0.15, -0.1) is 10.2 Å². The normalized spacial score (nSPS) is 18.2. The second-order valence-electron chi connectivity index (χ2n) is 5.18. The number of carbonyl (C=O) groups is 2. The maximum Gasteiger partial charge on any atom is 0.289 e. The summed E-state index contributed by atoms with van der Waals surface area (Å²) in [5, 5.41) is 11.8. The van der Waals surface area contributed by atoms with Gasteiger partial charge in [-0.3, -0.25) is 9.59 Å². The maximum absolute atomic E-state index is 12.3. The minimum absolute atomic E-state index is 0.118. The van der Waals surface area contributed by atoms with Gasteiger partial charge in [-0.2, -0.15) is 0 Å². The fourth-order valence-corrected chi connectivity index (χ4v) is 3.08. The van der Waals surface area contributed by atoms with Crippen LogP contribution in [0, 0.1) is 12.8 Å². The van der Waals surface area contributed by atoms with Crippen LogP contribution < -0.4 is 5.32 Å². The van der Waals surface area contributed by atoms with Crippen LogP contribution in [0.15, 0.2) is 22.8 Å². The summed E-state index contributed by atoms with van der Waals surface area (Å²) < 4.78 is 5.13. The van der Waals surface area contributed by atoms with E-state index in [0.717, 1.165) is 17.8 Å². The lowest BCUT2D eigenvalue weighted by atomic mass is 9.97. The smallest absolute Gasteiger partial charge is 0.289 e. The topological polar surface area (TPSA) is 88.3 Å². The average Bonchev–Trinajstić information content (AvgIpc) is 3.18. The van der Waals surface area contributed by atoms with Crippen molar-refractivity contribution >= 4 is 28.3 Å². The first-order valence-electron chi connectivity index (χ1n) is 7.07. The summed E-state index contributed by atoms with van der Waals surface area (Å²) in [6, 6.07) is 3.31. The molecule has 1 N–H and O–H groups in total. The number of anilines is 1. The predicted molar refractivity (Wildman–Crippen MR) is 80.6 cm³/mol. The lowest BCUT2D eigenvalue weighted by molar-refractivity contribution is -0.121. The minimum Gasteiger partial charge on any atom is -0.459 e.